The minimum absolute atomic E-state index is 0.101. The maximum atomic E-state index is 14.9. The maximum absolute atomic E-state index is 14.9. The number of carbonyl (C=O) groups is 2. The molecule has 9 nitrogen and oxygen atoms in total. The molecule has 2 aromatic heterocycles. The average Bonchev–Trinajstić information content (AvgIpc) is 3.52. The number of carbonyl (C=O) groups excluding carboxylic acids is 2. The molecule has 1 atom stereocenters. The Kier molecular flexibility index (Phi) is 10.6. The smallest absolute Gasteiger partial charge is 0.408 e. The fourth-order valence-electron chi connectivity index (χ4n) is 6.30. The van der Waals surface area contributed by atoms with Gasteiger partial charge in [-0.15, -0.1) is 6.42 Å². The maximum Gasteiger partial charge on any atom is 0.408 e. The Morgan fingerprint density at radius 2 is 1.75 bits per heavy atom. The summed E-state index contributed by atoms with van der Waals surface area (Å²) in [5.41, 5.74) is 3.63. The lowest BCUT2D eigenvalue weighted by Crippen LogP contribution is -2.51. The lowest BCUT2D eigenvalue weighted by molar-refractivity contribution is -0.120. The van der Waals surface area contributed by atoms with Crippen LogP contribution in [0, 0.1) is 29.5 Å². The van der Waals surface area contributed by atoms with Crippen molar-refractivity contribution in [1.29, 1.82) is 5.26 Å². The fraction of sp³-hybridized carbons (Fsp3) is 0.429. The van der Waals surface area contributed by atoms with Gasteiger partial charge in [0.25, 0.3) is 8.32 Å². The molecule has 278 valence electrons. The van der Waals surface area contributed by atoms with Gasteiger partial charge in [0.15, 0.2) is 0 Å². The van der Waals surface area contributed by atoms with Gasteiger partial charge in [0.05, 0.1) is 29.6 Å². The number of hydrogen-bond donors (Lipinski definition) is 1. The van der Waals surface area contributed by atoms with Crippen LogP contribution in [-0.4, -0.2) is 48.1 Å². The van der Waals surface area contributed by atoms with Crippen molar-refractivity contribution in [1.82, 2.24) is 14.9 Å². The minimum Gasteiger partial charge on any atom is -0.530 e. The third-order valence-electron chi connectivity index (χ3n) is 10.0. The molecule has 1 N–H and O–H groups in total. The third-order valence-corrected chi connectivity index (χ3v) is 14.3. The molecule has 4 aromatic rings. The van der Waals surface area contributed by atoms with Crippen LogP contribution in [0.3, 0.4) is 0 Å². The topological polar surface area (TPSA) is 109 Å². The van der Waals surface area contributed by atoms with Crippen LogP contribution in [-0.2, 0) is 34.3 Å². The molecule has 0 fully saturated rings. The number of nitrogens with zero attached hydrogens (tertiary/aromatic N) is 4. The van der Waals surface area contributed by atoms with E-state index in [1.165, 1.54) is 12.1 Å². The zero-order valence-electron chi connectivity index (χ0n) is 32.5. The molecule has 11 heteroatoms. The van der Waals surface area contributed by atoms with Gasteiger partial charge >= 0.3 is 6.09 Å². The SMILES string of the molecule is C#CCn1cc(C[C@H](NC(=O)OC(C)(C)C)C(=O)N2CC(C)(C)c3nc(O[Si](C)(C)C(C)(C)C)c(Cc4ccc(F)cc4)cc32)c2cc(C#N)ccc21. The molecule has 1 aliphatic rings. The van der Waals surface area contributed by atoms with Crippen molar-refractivity contribution >= 4 is 36.9 Å². The van der Waals surface area contributed by atoms with E-state index < -0.39 is 31.5 Å². The first-order chi connectivity index (χ1) is 24.6. The Morgan fingerprint density at radius 3 is 2.36 bits per heavy atom. The monoisotopic (exact) mass is 735 g/mol. The zero-order chi connectivity index (χ0) is 39.1. The van der Waals surface area contributed by atoms with Gasteiger partial charge in [-0.3, -0.25) is 4.79 Å². The van der Waals surface area contributed by atoms with Crippen LogP contribution in [0.5, 0.6) is 5.88 Å². The normalized spacial score (nSPS) is 14.6. The third kappa shape index (κ3) is 8.58. The number of amides is 2. The first kappa shape index (κ1) is 39.1. The summed E-state index contributed by atoms with van der Waals surface area (Å²) in [6.07, 6.45) is 7.35. The van der Waals surface area contributed by atoms with E-state index in [1.54, 1.807) is 49.9 Å². The van der Waals surface area contributed by atoms with Gasteiger partial charge in [0.2, 0.25) is 11.8 Å². The number of alkyl carbamates (subject to hydrolysis) is 1. The highest BCUT2D eigenvalue weighted by atomic mass is 28.4. The Hall–Kier alpha value is -5.13. The Balaban J connectivity index is 1.62. The average molecular weight is 736 g/mol. The molecule has 0 unspecified atom stereocenters. The molecular weight excluding hydrogens is 686 g/mol. The summed E-state index contributed by atoms with van der Waals surface area (Å²) in [4.78, 5) is 35.1. The van der Waals surface area contributed by atoms with Crippen LogP contribution in [0.15, 0.2) is 54.7 Å². The summed E-state index contributed by atoms with van der Waals surface area (Å²) in [7, 11) is -2.35. The summed E-state index contributed by atoms with van der Waals surface area (Å²) in [5, 5.41) is 13.2. The Morgan fingerprint density at radius 1 is 1.08 bits per heavy atom. The molecule has 0 saturated carbocycles. The first-order valence-electron chi connectivity index (χ1n) is 17.9. The number of terminal acetylenes is 1. The van der Waals surface area contributed by atoms with E-state index >= 15 is 0 Å². The van der Waals surface area contributed by atoms with Crippen molar-refractivity contribution < 1.29 is 23.1 Å². The van der Waals surface area contributed by atoms with Crippen molar-refractivity contribution in [3.63, 3.8) is 0 Å². The van der Waals surface area contributed by atoms with Crippen molar-refractivity contribution in [3.8, 4) is 24.3 Å². The number of halogens is 1. The minimum atomic E-state index is -2.35. The van der Waals surface area contributed by atoms with Crippen LogP contribution in [0.1, 0.15) is 83.3 Å². The van der Waals surface area contributed by atoms with Crippen LogP contribution in [0.4, 0.5) is 14.9 Å². The quantitative estimate of drug-likeness (QED) is 0.137. The van der Waals surface area contributed by atoms with Gasteiger partial charge in [0.1, 0.15) is 17.5 Å². The largest absolute Gasteiger partial charge is 0.530 e. The van der Waals surface area contributed by atoms with E-state index in [9.17, 15) is 19.2 Å². The van der Waals surface area contributed by atoms with Gasteiger partial charge in [-0.05, 0) is 86.4 Å². The van der Waals surface area contributed by atoms with Crippen LogP contribution in [0.2, 0.25) is 18.1 Å². The number of benzene rings is 2. The summed E-state index contributed by atoms with van der Waals surface area (Å²) >= 11 is 0. The van der Waals surface area contributed by atoms with Crippen LogP contribution in [0.25, 0.3) is 10.9 Å². The number of nitriles is 1. The highest BCUT2D eigenvalue weighted by Crippen LogP contribution is 2.45. The summed E-state index contributed by atoms with van der Waals surface area (Å²) in [6, 6.07) is 14.8. The summed E-state index contributed by atoms with van der Waals surface area (Å²) < 4.78 is 28.3. The molecule has 5 rings (SSSR count). The second-order valence-electron chi connectivity index (χ2n) is 17.0. The number of aromatic nitrogens is 2. The van der Waals surface area contributed by atoms with E-state index in [0.717, 1.165) is 27.6 Å². The summed E-state index contributed by atoms with van der Waals surface area (Å²) in [5.74, 6) is 2.51. The number of rotatable bonds is 9. The van der Waals surface area contributed by atoms with Gasteiger partial charge in [-0.2, -0.15) is 5.26 Å². The molecule has 2 amide bonds. The number of fused-ring (bicyclic) bond motifs is 2. The molecule has 0 spiro atoms. The van der Waals surface area contributed by atoms with Crippen LogP contribution >= 0.6 is 0 Å². The zero-order valence-corrected chi connectivity index (χ0v) is 33.5. The second-order valence-corrected chi connectivity index (χ2v) is 21.8. The van der Waals surface area contributed by atoms with Crippen LogP contribution < -0.4 is 14.6 Å². The lowest BCUT2D eigenvalue weighted by atomic mass is 9.91. The van der Waals surface area contributed by atoms with E-state index in [4.69, 9.17) is 20.6 Å². The van der Waals surface area contributed by atoms with Crippen molar-refractivity contribution in [2.45, 2.75) is 110 Å². The summed E-state index contributed by atoms with van der Waals surface area (Å²) in [6.45, 7) is 20.8. The Labute approximate surface area is 313 Å². The molecule has 0 bridgehead atoms. The van der Waals surface area contributed by atoms with Gasteiger partial charge in [0, 0.05) is 47.5 Å². The predicted octanol–water partition coefficient (Wildman–Crippen LogP) is 8.42. The molecular formula is C42H50FN5O4Si. The van der Waals surface area contributed by atoms with E-state index in [2.05, 4.69) is 51.2 Å². The Bertz CT molecular complexity index is 2130. The molecule has 2 aromatic carbocycles. The number of anilines is 1. The van der Waals surface area contributed by atoms with Gasteiger partial charge in [-0.25, -0.2) is 14.2 Å². The number of pyridine rings is 1. The van der Waals surface area contributed by atoms with Crippen molar-refractivity contribution in [2.24, 2.45) is 0 Å². The highest BCUT2D eigenvalue weighted by Gasteiger charge is 2.45. The molecule has 0 aliphatic carbocycles. The molecule has 1 aliphatic heterocycles. The predicted molar refractivity (Wildman–Crippen MR) is 209 cm³/mol. The number of nitrogens with one attached hydrogen (secondary N) is 1. The number of hydrogen-bond acceptors (Lipinski definition) is 6. The highest BCUT2D eigenvalue weighted by molar-refractivity contribution is 6.74. The fourth-order valence-corrected chi connectivity index (χ4v) is 7.27. The van der Waals surface area contributed by atoms with E-state index in [0.29, 0.717) is 35.8 Å². The van der Waals surface area contributed by atoms with Crippen molar-refractivity contribution in [3.05, 3.63) is 88.5 Å². The lowest BCUT2D eigenvalue weighted by Gasteiger charge is -2.36. The van der Waals surface area contributed by atoms with Gasteiger partial charge < -0.3 is 23.9 Å². The van der Waals surface area contributed by atoms with Crippen molar-refractivity contribution in [2.75, 3.05) is 11.4 Å². The second kappa shape index (κ2) is 14.4. The molecule has 3 heterocycles. The van der Waals surface area contributed by atoms with Gasteiger partial charge in [-0.1, -0.05) is 52.7 Å². The van der Waals surface area contributed by atoms with E-state index in [1.807, 2.05) is 36.7 Å². The van der Waals surface area contributed by atoms with E-state index in [-0.39, 0.29) is 29.7 Å². The molecule has 0 saturated heterocycles. The number of ether oxygens (including phenoxy) is 1. The molecule has 0 radical (unpaired) electrons. The molecule has 53 heavy (non-hydrogen) atoms. The standard InChI is InChI=1S/C42H50FN5O4Si/c1-12-19-47-25-30(32-21-28(24-44)15-18-34(32)47)22-33(45-39(50)51-40(2,3)4)38(49)48-26-42(8,9)36-35(48)23-29(20-27-13-16-31(43)17-14-27)37(46-36)52-53(10,11)41(5,6)7/h1,13-18,21,23,25,33H,19-20,22,26H2,2-11H3,(H,45,50)/t33-/m0/s1. The first-order valence-corrected chi connectivity index (χ1v) is 20.8.